The molecule has 18 heavy (non-hydrogen) atoms. The lowest BCUT2D eigenvalue weighted by molar-refractivity contribution is 0.0697. The molecular weight excluding hydrogens is 266 g/mol. The van der Waals surface area contributed by atoms with Crippen LogP contribution in [0.5, 0.6) is 0 Å². The maximum absolute atomic E-state index is 10.7. The number of rotatable bonds is 5. The highest BCUT2D eigenvalue weighted by molar-refractivity contribution is 7.12. The summed E-state index contributed by atoms with van der Waals surface area (Å²) in [5, 5.41) is 13.8. The predicted octanol–water partition coefficient (Wildman–Crippen LogP) is 3.41. The van der Waals surface area contributed by atoms with E-state index in [1.807, 2.05) is 0 Å². The summed E-state index contributed by atoms with van der Waals surface area (Å²) in [6.45, 7) is 5.79. The largest absolute Gasteiger partial charge is 0.478 e. The number of carbonyl (C=O) groups is 1. The van der Waals surface area contributed by atoms with Crippen LogP contribution in [-0.2, 0) is 13.1 Å². The lowest BCUT2D eigenvalue weighted by Crippen LogP contribution is -2.10. The van der Waals surface area contributed by atoms with Gasteiger partial charge in [0.15, 0.2) is 0 Å². The molecule has 2 heterocycles. The summed E-state index contributed by atoms with van der Waals surface area (Å²) in [5.74, 6) is -0.859. The molecule has 0 radical (unpaired) electrons. The smallest absolute Gasteiger partial charge is 0.336 e. The minimum Gasteiger partial charge on any atom is -0.478 e. The number of aryl methyl sites for hydroxylation is 2. The van der Waals surface area contributed by atoms with Gasteiger partial charge in [-0.3, -0.25) is 0 Å². The Morgan fingerprint density at radius 2 is 2.00 bits per heavy atom. The van der Waals surface area contributed by atoms with Gasteiger partial charge in [-0.05, 0) is 31.5 Å². The van der Waals surface area contributed by atoms with Crippen LogP contribution in [-0.4, -0.2) is 11.1 Å². The van der Waals surface area contributed by atoms with E-state index in [4.69, 9.17) is 5.11 Å². The monoisotopic (exact) mass is 281 g/mol. The van der Waals surface area contributed by atoms with Gasteiger partial charge in [0.1, 0.15) is 0 Å². The molecule has 0 aliphatic heterocycles. The molecule has 0 spiro atoms. The lowest BCUT2D eigenvalue weighted by Gasteiger charge is -1.99. The summed E-state index contributed by atoms with van der Waals surface area (Å²) in [5.41, 5.74) is 1.71. The molecule has 2 aromatic rings. The molecule has 2 aromatic heterocycles. The summed E-state index contributed by atoms with van der Waals surface area (Å²) in [4.78, 5) is 14.5. The highest BCUT2D eigenvalue weighted by Crippen LogP contribution is 2.20. The molecule has 0 amide bonds. The van der Waals surface area contributed by atoms with Crippen molar-refractivity contribution in [3.8, 4) is 0 Å². The second-order valence-electron chi connectivity index (χ2n) is 4.16. The fourth-order valence-corrected chi connectivity index (χ4v) is 3.48. The number of hydrogen-bond donors (Lipinski definition) is 2. The van der Waals surface area contributed by atoms with Gasteiger partial charge in [-0.25, -0.2) is 4.79 Å². The van der Waals surface area contributed by atoms with E-state index in [0.29, 0.717) is 12.1 Å². The Hall–Kier alpha value is -1.17. The minimum absolute atomic E-state index is 0.375. The van der Waals surface area contributed by atoms with Crippen molar-refractivity contribution in [2.75, 3.05) is 0 Å². The third kappa shape index (κ3) is 3.19. The molecule has 5 heteroatoms. The molecule has 0 aromatic carbocycles. The summed E-state index contributed by atoms with van der Waals surface area (Å²) in [6, 6.07) is 3.93. The van der Waals surface area contributed by atoms with Crippen molar-refractivity contribution < 1.29 is 9.90 Å². The number of carboxylic acids is 1. The zero-order valence-corrected chi connectivity index (χ0v) is 12.0. The highest BCUT2D eigenvalue weighted by Gasteiger charge is 2.06. The maximum Gasteiger partial charge on any atom is 0.336 e. The third-order valence-electron chi connectivity index (χ3n) is 2.72. The first-order chi connectivity index (χ1) is 8.56. The Kier molecular flexibility index (Phi) is 4.16. The van der Waals surface area contributed by atoms with E-state index in [-0.39, 0.29) is 0 Å². The Morgan fingerprint density at radius 3 is 2.56 bits per heavy atom. The summed E-state index contributed by atoms with van der Waals surface area (Å²) >= 11 is 3.29. The van der Waals surface area contributed by atoms with Crippen molar-refractivity contribution in [3.05, 3.63) is 43.3 Å². The van der Waals surface area contributed by atoms with Crippen LogP contribution in [0, 0.1) is 13.8 Å². The third-order valence-corrected chi connectivity index (χ3v) is 4.81. The Bertz CT molecular complexity index is 538. The molecule has 2 N–H and O–H groups in total. The highest BCUT2D eigenvalue weighted by atomic mass is 32.1. The van der Waals surface area contributed by atoms with Crippen molar-refractivity contribution in [1.82, 2.24) is 5.32 Å². The van der Waals surface area contributed by atoms with Crippen LogP contribution >= 0.6 is 22.7 Å². The maximum atomic E-state index is 10.7. The Balaban J connectivity index is 1.86. The van der Waals surface area contributed by atoms with Crippen LogP contribution in [0.15, 0.2) is 17.5 Å². The van der Waals surface area contributed by atoms with Crippen molar-refractivity contribution in [2.24, 2.45) is 0 Å². The van der Waals surface area contributed by atoms with Crippen LogP contribution in [0.25, 0.3) is 0 Å². The summed E-state index contributed by atoms with van der Waals surface area (Å²) in [6.07, 6.45) is 0. The van der Waals surface area contributed by atoms with Gasteiger partial charge in [-0.1, -0.05) is 0 Å². The lowest BCUT2D eigenvalue weighted by atomic mass is 10.3. The van der Waals surface area contributed by atoms with Crippen LogP contribution in [0.3, 0.4) is 0 Å². The molecule has 0 saturated carbocycles. The topological polar surface area (TPSA) is 49.3 Å². The van der Waals surface area contributed by atoms with Gasteiger partial charge in [0, 0.05) is 33.1 Å². The molecule has 0 unspecified atom stereocenters. The van der Waals surface area contributed by atoms with E-state index >= 15 is 0 Å². The van der Waals surface area contributed by atoms with Crippen LogP contribution < -0.4 is 5.32 Å². The van der Waals surface area contributed by atoms with E-state index in [0.717, 1.165) is 11.4 Å². The average molecular weight is 281 g/mol. The van der Waals surface area contributed by atoms with Gasteiger partial charge in [0.25, 0.3) is 0 Å². The van der Waals surface area contributed by atoms with E-state index < -0.39 is 5.97 Å². The molecule has 0 saturated heterocycles. The average Bonchev–Trinajstić information content (AvgIpc) is 2.88. The minimum atomic E-state index is -0.859. The molecule has 96 valence electrons. The quantitative estimate of drug-likeness (QED) is 0.883. The second kappa shape index (κ2) is 5.65. The second-order valence-corrected chi connectivity index (χ2v) is 6.50. The molecular formula is C13H15NO2S2. The first-order valence-corrected chi connectivity index (χ1v) is 7.33. The molecule has 2 rings (SSSR count). The fourth-order valence-electron chi connectivity index (χ4n) is 1.63. The zero-order chi connectivity index (χ0) is 13.1. The first-order valence-electron chi connectivity index (χ1n) is 5.63. The van der Waals surface area contributed by atoms with Crippen LogP contribution in [0.1, 0.15) is 30.6 Å². The van der Waals surface area contributed by atoms with Gasteiger partial charge in [0.05, 0.1) is 5.56 Å². The van der Waals surface area contributed by atoms with E-state index in [2.05, 4.69) is 25.2 Å². The SMILES string of the molecule is Cc1cc(CNCc2cc(C(=O)O)cs2)sc1C. The van der Waals surface area contributed by atoms with Crippen LogP contribution in [0.4, 0.5) is 0 Å². The van der Waals surface area contributed by atoms with Gasteiger partial charge in [0.2, 0.25) is 0 Å². The molecule has 0 aliphatic carbocycles. The summed E-state index contributed by atoms with van der Waals surface area (Å²) < 4.78 is 0. The van der Waals surface area contributed by atoms with Crippen molar-refractivity contribution in [3.63, 3.8) is 0 Å². The van der Waals surface area contributed by atoms with Crippen molar-refractivity contribution in [1.29, 1.82) is 0 Å². The number of aromatic carboxylic acids is 1. The van der Waals surface area contributed by atoms with E-state index in [1.54, 1.807) is 22.8 Å². The molecule has 0 aliphatic rings. The zero-order valence-electron chi connectivity index (χ0n) is 10.3. The van der Waals surface area contributed by atoms with Gasteiger partial charge in [-0.15, -0.1) is 22.7 Å². The molecule has 0 fully saturated rings. The first kappa shape index (κ1) is 13.3. The molecule has 3 nitrogen and oxygen atoms in total. The van der Waals surface area contributed by atoms with E-state index in [9.17, 15) is 4.79 Å². The Morgan fingerprint density at radius 1 is 1.28 bits per heavy atom. The molecule has 0 bridgehead atoms. The standard InChI is InChI=1S/C13H15NO2S2/c1-8-3-12(18-9(8)2)6-14-5-11-4-10(7-17-11)13(15)16/h3-4,7,14H,5-6H2,1-2H3,(H,15,16). The number of carboxylic acid groups (broad SMARTS) is 1. The predicted molar refractivity (Wildman–Crippen MR) is 75.6 cm³/mol. The van der Waals surface area contributed by atoms with Gasteiger partial charge in [-0.2, -0.15) is 0 Å². The van der Waals surface area contributed by atoms with Gasteiger partial charge >= 0.3 is 5.97 Å². The van der Waals surface area contributed by atoms with Crippen molar-refractivity contribution >= 4 is 28.6 Å². The van der Waals surface area contributed by atoms with Gasteiger partial charge < -0.3 is 10.4 Å². The summed E-state index contributed by atoms with van der Waals surface area (Å²) in [7, 11) is 0. The van der Waals surface area contributed by atoms with E-state index in [1.165, 1.54) is 26.7 Å². The van der Waals surface area contributed by atoms with Crippen molar-refractivity contribution in [2.45, 2.75) is 26.9 Å². The normalized spacial score (nSPS) is 10.8. The number of nitrogens with one attached hydrogen (secondary N) is 1. The number of hydrogen-bond acceptors (Lipinski definition) is 4. The number of thiophene rings is 2. The van der Waals surface area contributed by atoms with Crippen LogP contribution in [0.2, 0.25) is 0 Å². The molecule has 0 atom stereocenters. The fraction of sp³-hybridized carbons (Fsp3) is 0.308. The Labute approximate surface area is 114 Å².